The Balaban J connectivity index is 1.71. The first-order valence-corrected chi connectivity index (χ1v) is 9.33. The molecule has 0 amide bonds. The first-order chi connectivity index (χ1) is 11.2. The zero-order valence-corrected chi connectivity index (χ0v) is 16.9. The molecule has 3 aliphatic rings. The van der Waals surface area contributed by atoms with E-state index in [0.717, 1.165) is 0 Å². The average Bonchev–Trinajstić information content (AvgIpc) is 2.78. The van der Waals surface area contributed by atoms with Crippen molar-refractivity contribution in [2.45, 2.75) is 96.2 Å². The third kappa shape index (κ3) is 3.41. The molecular weight excluding hydrogens is 323 g/mol. The van der Waals surface area contributed by atoms with Crippen molar-refractivity contribution in [1.82, 2.24) is 4.81 Å². The van der Waals surface area contributed by atoms with Gasteiger partial charge in [-0.3, -0.25) is 4.81 Å². The normalized spacial score (nSPS) is 36.8. The van der Waals surface area contributed by atoms with E-state index < -0.39 is 42.9 Å². The van der Waals surface area contributed by atoms with Gasteiger partial charge in [0.1, 0.15) is 6.17 Å². The first kappa shape index (κ1) is 19.6. The summed E-state index contributed by atoms with van der Waals surface area (Å²) in [5.41, 5.74) is -1.67. The fraction of sp³-hybridized carbons (Fsp3) is 1.00. The van der Waals surface area contributed by atoms with Crippen molar-refractivity contribution in [2.75, 3.05) is 13.1 Å². The number of hydrogen-bond donors (Lipinski definition) is 0. The van der Waals surface area contributed by atoms with Gasteiger partial charge in [-0.05, 0) is 68.4 Å². The van der Waals surface area contributed by atoms with Crippen LogP contribution in [0.4, 0.5) is 4.39 Å². The minimum atomic E-state index is -0.947. The molecule has 3 aliphatic heterocycles. The highest BCUT2D eigenvalue weighted by molar-refractivity contribution is 6.48. The van der Waals surface area contributed by atoms with Gasteiger partial charge in [0.05, 0.1) is 22.4 Å². The lowest BCUT2D eigenvalue weighted by Gasteiger charge is -2.36. The van der Waals surface area contributed by atoms with Crippen LogP contribution in [-0.2, 0) is 18.6 Å². The lowest BCUT2D eigenvalue weighted by Crippen LogP contribution is -2.52. The van der Waals surface area contributed by atoms with Crippen LogP contribution >= 0.6 is 0 Å². The summed E-state index contributed by atoms with van der Waals surface area (Å²) in [6.45, 7) is 17.1. The summed E-state index contributed by atoms with van der Waals surface area (Å²) in [5, 5.41) is 0. The minimum Gasteiger partial charge on any atom is -0.403 e. The Morgan fingerprint density at radius 3 is 1.68 bits per heavy atom. The molecule has 25 heavy (non-hydrogen) atoms. The van der Waals surface area contributed by atoms with Gasteiger partial charge in [-0.25, -0.2) is 4.39 Å². The molecular formula is C17H32B2FNO4. The van der Waals surface area contributed by atoms with E-state index in [2.05, 4.69) is 0 Å². The molecule has 8 heteroatoms. The highest BCUT2D eigenvalue weighted by Crippen LogP contribution is 2.44. The molecule has 0 aromatic heterocycles. The molecule has 0 saturated carbocycles. The number of rotatable bonds is 2. The molecule has 0 spiro atoms. The Hall–Kier alpha value is -0.140. The van der Waals surface area contributed by atoms with E-state index in [1.807, 2.05) is 60.2 Å². The van der Waals surface area contributed by atoms with E-state index >= 15 is 0 Å². The lowest BCUT2D eigenvalue weighted by atomic mass is 9.66. The van der Waals surface area contributed by atoms with Crippen LogP contribution in [0.3, 0.4) is 0 Å². The molecule has 5 nitrogen and oxygen atoms in total. The molecule has 0 N–H and O–H groups in total. The first-order valence-electron chi connectivity index (χ1n) is 9.33. The van der Waals surface area contributed by atoms with Gasteiger partial charge in [0, 0.05) is 12.4 Å². The Bertz CT molecular complexity index is 453. The number of nitrogens with zero attached hydrogens (tertiary/aromatic N) is 1. The maximum absolute atomic E-state index is 14.5. The maximum Gasteiger partial charge on any atom is 0.558 e. The molecule has 2 unspecified atom stereocenters. The second-order valence-corrected chi connectivity index (χ2v) is 9.74. The summed E-state index contributed by atoms with van der Waals surface area (Å²) in [7, 11) is -0.943. The van der Waals surface area contributed by atoms with Crippen molar-refractivity contribution in [3.8, 4) is 0 Å². The van der Waals surface area contributed by atoms with Crippen LogP contribution in [0.5, 0.6) is 0 Å². The predicted octanol–water partition coefficient (Wildman–Crippen LogP) is 3.08. The van der Waals surface area contributed by atoms with Crippen LogP contribution in [-0.4, -0.2) is 60.8 Å². The van der Waals surface area contributed by atoms with Gasteiger partial charge in [-0.15, -0.1) is 0 Å². The molecule has 3 saturated heterocycles. The maximum atomic E-state index is 14.5. The van der Waals surface area contributed by atoms with Crippen molar-refractivity contribution in [1.29, 1.82) is 0 Å². The largest absolute Gasteiger partial charge is 0.558 e. The zero-order valence-electron chi connectivity index (χ0n) is 16.9. The zero-order chi connectivity index (χ0) is 18.8. The Kier molecular flexibility index (Phi) is 4.65. The van der Waals surface area contributed by atoms with Gasteiger partial charge < -0.3 is 18.6 Å². The highest BCUT2D eigenvalue weighted by Gasteiger charge is 2.58. The number of piperidine rings is 1. The van der Waals surface area contributed by atoms with Gasteiger partial charge in [0.15, 0.2) is 0 Å². The van der Waals surface area contributed by atoms with Gasteiger partial charge in [-0.2, -0.15) is 0 Å². The molecule has 3 fully saturated rings. The quantitative estimate of drug-likeness (QED) is 0.712. The Labute approximate surface area is 152 Å². The molecule has 0 aliphatic carbocycles. The second kappa shape index (κ2) is 5.93. The summed E-state index contributed by atoms with van der Waals surface area (Å²) in [4.78, 5) is 1.94. The Morgan fingerprint density at radius 1 is 0.760 bits per heavy atom. The fourth-order valence-electron chi connectivity index (χ4n) is 3.52. The van der Waals surface area contributed by atoms with Crippen LogP contribution in [0.2, 0.25) is 5.82 Å². The van der Waals surface area contributed by atoms with Gasteiger partial charge >= 0.3 is 14.4 Å². The molecule has 2 atom stereocenters. The van der Waals surface area contributed by atoms with Crippen molar-refractivity contribution in [3.63, 3.8) is 0 Å². The predicted molar refractivity (Wildman–Crippen MR) is 97.0 cm³/mol. The fourth-order valence-corrected chi connectivity index (χ4v) is 3.52. The van der Waals surface area contributed by atoms with E-state index in [-0.39, 0.29) is 5.82 Å². The summed E-state index contributed by atoms with van der Waals surface area (Å²) in [6, 6.07) is 0. The standard InChI is InChI=1S/C17H32B2FNO4/c1-14(2)15(3,4)23-18(22-14)12-9-13(20)11-21(10-12)19-24-16(5,6)17(7,8)25-19/h12-13H,9-11H2,1-8H3. The SMILES string of the molecule is CC1(C)OB(C2CC(F)CN(B3OC(C)(C)C(C)(C)O3)C2)OC1(C)C. The monoisotopic (exact) mass is 355 g/mol. The molecule has 3 rings (SSSR count). The molecule has 142 valence electrons. The third-order valence-electron chi connectivity index (χ3n) is 6.66. The van der Waals surface area contributed by atoms with Crippen molar-refractivity contribution in [2.24, 2.45) is 0 Å². The smallest absolute Gasteiger partial charge is 0.403 e. The topological polar surface area (TPSA) is 40.2 Å². The van der Waals surface area contributed by atoms with Crippen molar-refractivity contribution in [3.05, 3.63) is 0 Å². The van der Waals surface area contributed by atoms with Gasteiger partial charge in [0.2, 0.25) is 0 Å². The summed E-state index contributed by atoms with van der Waals surface area (Å²) in [6.07, 6.45) is -0.510. The molecule has 0 aromatic rings. The number of halogens is 1. The number of alkyl halides is 1. The molecule has 0 radical (unpaired) electrons. The van der Waals surface area contributed by atoms with E-state index in [0.29, 0.717) is 19.5 Å². The van der Waals surface area contributed by atoms with Crippen LogP contribution in [0.1, 0.15) is 61.8 Å². The van der Waals surface area contributed by atoms with Crippen molar-refractivity contribution < 1.29 is 23.0 Å². The average molecular weight is 355 g/mol. The van der Waals surface area contributed by atoms with E-state index in [1.165, 1.54) is 0 Å². The van der Waals surface area contributed by atoms with Gasteiger partial charge in [-0.1, -0.05) is 0 Å². The minimum absolute atomic E-state index is 0.0520. The summed E-state index contributed by atoms with van der Waals surface area (Å²) >= 11 is 0. The third-order valence-corrected chi connectivity index (χ3v) is 6.66. The van der Waals surface area contributed by atoms with Crippen LogP contribution in [0.25, 0.3) is 0 Å². The Morgan fingerprint density at radius 2 is 1.20 bits per heavy atom. The summed E-state index contributed by atoms with van der Waals surface area (Å²) < 4.78 is 39.0. The molecule has 3 heterocycles. The molecule has 0 aromatic carbocycles. The second-order valence-electron chi connectivity index (χ2n) is 9.74. The lowest BCUT2D eigenvalue weighted by molar-refractivity contribution is 0.00578. The van der Waals surface area contributed by atoms with Crippen molar-refractivity contribution >= 4 is 14.4 Å². The summed E-state index contributed by atoms with van der Waals surface area (Å²) in [5.74, 6) is -0.0520. The van der Waals surface area contributed by atoms with Crippen LogP contribution < -0.4 is 0 Å². The van der Waals surface area contributed by atoms with E-state index in [1.54, 1.807) is 0 Å². The van der Waals surface area contributed by atoms with Crippen LogP contribution in [0.15, 0.2) is 0 Å². The van der Waals surface area contributed by atoms with Gasteiger partial charge in [0.25, 0.3) is 0 Å². The van der Waals surface area contributed by atoms with Crippen LogP contribution in [0, 0.1) is 0 Å². The number of hydrogen-bond acceptors (Lipinski definition) is 5. The van der Waals surface area contributed by atoms with E-state index in [9.17, 15) is 4.39 Å². The highest BCUT2D eigenvalue weighted by atomic mass is 19.1. The van der Waals surface area contributed by atoms with E-state index in [4.69, 9.17) is 18.6 Å². The molecule has 0 bridgehead atoms.